The molecule has 0 radical (unpaired) electrons. The Kier molecular flexibility index (Phi) is 5.42. The molecule has 5 heteroatoms. The summed E-state index contributed by atoms with van der Waals surface area (Å²) in [5.41, 5.74) is 2.98. The van der Waals surface area contributed by atoms with Gasteiger partial charge in [0.1, 0.15) is 5.75 Å². The fraction of sp³-hybridized carbons (Fsp3) is 0.444. The van der Waals surface area contributed by atoms with Crippen molar-refractivity contribution in [2.75, 3.05) is 6.61 Å². The molecule has 0 spiro atoms. The molecular formula is C18H22NO3S-. The molecule has 0 saturated carbocycles. The van der Waals surface area contributed by atoms with Crippen molar-refractivity contribution in [2.24, 2.45) is 0 Å². The average molecular weight is 332 g/mol. The van der Waals surface area contributed by atoms with E-state index >= 15 is 0 Å². The summed E-state index contributed by atoms with van der Waals surface area (Å²) in [6.07, 6.45) is 0.526. The van der Waals surface area contributed by atoms with Crippen LogP contribution in [0.5, 0.6) is 5.75 Å². The second-order valence-electron chi connectivity index (χ2n) is 6.63. The largest absolute Gasteiger partial charge is 0.550 e. The molecular weight excluding hydrogens is 310 g/mol. The van der Waals surface area contributed by atoms with Gasteiger partial charge in [-0.1, -0.05) is 38.5 Å². The standard InChI is InChI=1S/C18H23NO3S/c1-12-5-6-15(14(9-12)18(2,3)4)22-8-7-16-19-13(11-23-16)10-17(20)21/h5-6,9,11H,7-8,10H2,1-4H3,(H,20,21)/p-1. The van der Waals surface area contributed by atoms with Crippen LogP contribution in [-0.4, -0.2) is 17.6 Å². The zero-order valence-electron chi connectivity index (χ0n) is 14.0. The molecule has 0 aliphatic heterocycles. The molecule has 0 fully saturated rings. The van der Waals surface area contributed by atoms with E-state index in [0.717, 1.165) is 10.8 Å². The van der Waals surface area contributed by atoms with E-state index in [1.165, 1.54) is 22.5 Å². The van der Waals surface area contributed by atoms with E-state index in [9.17, 15) is 9.90 Å². The number of aliphatic carboxylic acids is 1. The summed E-state index contributed by atoms with van der Waals surface area (Å²) in [4.78, 5) is 14.8. The molecule has 23 heavy (non-hydrogen) atoms. The number of rotatable bonds is 6. The van der Waals surface area contributed by atoms with Crippen molar-refractivity contribution in [2.45, 2.75) is 46.0 Å². The number of carbonyl (C=O) groups is 1. The summed E-state index contributed by atoms with van der Waals surface area (Å²) in [5, 5.41) is 13.2. The van der Waals surface area contributed by atoms with Crippen LogP contribution in [0.2, 0.25) is 0 Å². The maximum atomic E-state index is 10.6. The van der Waals surface area contributed by atoms with Gasteiger partial charge in [-0.05, 0) is 24.0 Å². The highest BCUT2D eigenvalue weighted by Crippen LogP contribution is 2.32. The Hall–Kier alpha value is -1.88. The van der Waals surface area contributed by atoms with E-state index in [4.69, 9.17) is 4.74 Å². The summed E-state index contributed by atoms with van der Waals surface area (Å²) < 4.78 is 5.95. The number of ether oxygens (including phenoxy) is 1. The molecule has 0 unspecified atom stereocenters. The number of aryl methyl sites for hydroxylation is 1. The highest BCUT2D eigenvalue weighted by molar-refractivity contribution is 7.09. The fourth-order valence-electron chi connectivity index (χ4n) is 2.30. The summed E-state index contributed by atoms with van der Waals surface area (Å²) in [6.45, 7) is 9.10. The number of benzene rings is 1. The molecule has 0 aliphatic carbocycles. The van der Waals surface area contributed by atoms with Gasteiger partial charge in [0.05, 0.1) is 17.3 Å². The van der Waals surface area contributed by atoms with Crippen LogP contribution in [0, 0.1) is 6.92 Å². The molecule has 4 nitrogen and oxygen atoms in total. The molecule has 2 rings (SSSR count). The third kappa shape index (κ3) is 5.06. The van der Waals surface area contributed by atoms with Gasteiger partial charge >= 0.3 is 0 Å². The molecule has 1 heterocycles. The van der Waals surface area contributed by atoms with Crippen LogP contribution in [0.4, 0.5) is 0 Å². The van der Waals surface area contributed by atoms with Crippen molar-refractivity contribution in [3.05, 3.63) is 45.4 Å². The maximum absolute atomic E-state index is 10.6. The number of carboxylic acids is 1. The van der Waals surface area contributed by atoms with Gasteiger partial charge in [-0.15, -0.1) is 11.3 Å². The van der Waals surface area contributed by atoms with E-state index in [1.807, 2.05) is 12.1 Å². The lowest BCUT2D eigenvalue weighted by Crippen LogP contribution is -2.24. The van der Waals surface area contributed by atoms with Crippen LogP contribution in [0.1, 0.15) is 42.6 Å². The predicted octanol–water partition coefficient (Wildman–Crippen LogP) is 2.66. The lowest BCUT2D eigenvalue weighted by Gasteiger charge is -2.23. The first-order valence-electron chi connectivity index (χ1n) is 7.63. The second kappa shape index (κ2) is 7.13. The number of nitrogens with zero attached hydrogens (tertiary/aromatic N) is 1. The van der Waals surface area contributed by atoms with Gasteiger partial charge in [0.15, 0.2) is 0 Å². The first-order chi connectivity index (χ1) is 10.8. The van der Waals surface area contributed by atoms with Crippen molar-refractivity contribution in [3.63, 3.8) is 0 Å². The molecule has 2 aromatic rings. The van der Waals surface area contributed by atoms with Crippen LogP contribution < -0.4 is 9.84 Å². The molecule has 0 amide bonds. The average Bonchev–Trinajstić information content (AvgIpc) is 2.86. The molecule has 0 aliphatic rings. The van der Waals surface area contributed by atoms with Crippen molar-refractivity contribution in [1.82, 2.24) is 4.98 Å². The normalized spacial score (nSPS) is 11.5. The lowest BCUT2D eigenvalue weighted by atomic mass is 9.85. The number of thiazole rings is 1. The Morgan fingerprint density at radius 2 is 2.09 bits per heavy atom. The Labute approximate surface area is 141 Å². The summed E-state index contributed by atoms with van der Waals surface area (Å²) in [6, 6.07) is 6.22. The molecule has 1 aromatic carbocycles. The van der Waals surface area contributed by atoms with Crippen molar-refractivity contribution >= 4 is 17.3 Å². The van der Waals surface area contributed by atoms with Crippen LogP contribution in [0.25, 0.3) is 0 Å². The SMILES string of the molecule is Cc1ccc(OCCc2nc(CC(=O)[O-])cs2)c(C(C)(C)C)c1. The number of carboxylic acid groups (broad SMARTS) is 1. The topological polar surface area (TPSA) is 62.2 Å². The predicted molar refractivity (Wildman–Crippen MR) is 89.9 cm³/mol. The molecule has 0 N–H and O–H groups in total. The van der Waals surface area contributed by atoms with Gasteiger partial charge in [-0.25, -0.2) is 4.98 Å². The zero-order valence-corrected chi connectivity index (χ0v) is 14.8. The van der Waals surface area contributed by atoms with Crippen LogP contribution in [-0.2, 0) is 23.1 Å². The van der Waals surface area contributed by atoms with Gasteiger partial charge in [-0.3, -0.25) is 0 Å². The Morgan fingerprint density at radius 3 is 2.74 bits per heavy atom. The smallest absolute Gasteiger partial charge is 0.123 e. The minimum atomic E-state index is -1.10. The third-order valence-corrected chi connectivity index (χ3v) is 4.40. The van der Waals surface area contributed by atoms with E-state index in [0.29, 0.717) is 18.7 Å². The summed E-state index contributed by atoms with van der Waals surface area (Å²) >= 11 is 1.46. The maximum Gasteiger partial charge on any atom is 0.123 e. The van der Waals surface area contributed by atoms with Gasteiger partial charge in [0.25, 0.3) is 0 Å². The molecule has 0 bridgehead atoms. The Bertz CT molecular complexity index is 686. The third-order valence-electron chi connectivity index (χ3n) is 3.44. The summed E-state index contributed by atoms with van der Waals surface area (Å²) in [5.74, 6) is -0.206. The molecule has 0 saturated heterocycles. The Morgan fingerprint density at radius 1 is 1.35 bits per heavy atom. The van der Waals surface area contributed by atoms with Crippen LogP contribution >= 0.6 is 11.3 Å². The highest BCUT2D eigenvalue weighted by Gasteiger charge is 2.19. The molecule has 124 valence electrons. The second-order valence-corrected chi connectivity index (χ2v) is 7.57. The van der Waals surface area contributed by atoms with Crippen LogP contribution in [0.15, 0.2) is 23.6 Å². The van der Waals surface area contributed by atoms with Crippen molar-refractivity contribution < 1.29 is 14.6 Å². The van der Waals surface area contributed by atoms with Crippen LogP contribution in [0.3, 0.4) is 0 Å². The van der Waals surface area contributed by atoms with Gasteiger partial charge < -0.3 is 14.6 Å². The Balaban J connectivity index is 1.99. The minimum Gasteiger partial charge on any atom is -0.550 e. The minimum absolute atomic E-state index is 0.0180. The van der Waals surface area contributed by atoms with E-state index in [2.05, 4.69) is 38.7 Å². The fourth-order valence-corrected chi connectivity index (χ4v) is 3.08. The first-order valence-corrected chi connectivity index (χ1v) is 8.51. The number of hydrogen-bond acceptors (Lipinski definition) is 5. The first kappa shape index (κ1) is 17.5. The van der Waals surface area contributed by atoms with E-state index in [-0.39, 0.29) is 11.8 Å². The van der Waals surface area contributed by atoms with Crippen molar-refractivity contribution in [1.29, 1.82) is 0 Å². The lowest BCUT2D eigenvalue weighted by molar-refractivity contribution is -0.304. The van der Waals surface area contributed by atoms with E-state index < -0.39 is 5.97 Å². The van der Waals surface area contributed by atoms with Gasteiger partial charge in [0.2, 0.25) is 0 Å². The van der Waals surface area contributed by atoms with Gasteiger partial charge in [0, 0.05) is 24.2 Å². The summed E-state index contributed by atoms with van der Waals surface area (Å²) in [7, 11) is 0. The number of hydrogen-bond donors (Lipinski definition) is 0. The molecule has 1 aromatic heterocycles. The van der Waals surface area contributed by atoms with Crippen molar-refractivity contribution in [3.8, 4) is 5.75 Å². The van der Waals surface area contributed by atoms with Gasteiger partial charge in [-0.2, -0.15) is 0 Å². The number of aromatic nitrogens is 1. The molecule has 0 atom stereocenters. The zero-order chi connectivity index (χ0) is 17.0. The monoisotopic (exact) mass is 332 g/mol. The van der Waals surface area contributed by atoms with E-state index in [1.54, 1.807) is 5.38 Å². The quantitative estimate of drug-likeness (QED) is 0.816. The number of carbonyl (C=O) groups excluding carboxylic acids is 1. The highest BCUT2D eigenvalue weighted by atomic mass is 32.1.